The molecule has 0 aliphatic carbocycles. The van der Waals surface area contributed by atoms with Crippen LogP contribution in [-0.4, -0.2) is 166 Å². The SMILES string of the molecule is Cc1nc(C#Cc2cccc(OCCNC(=O)CC[C@H](C(=O)O)N3CCN(CC(=O)O)CCN(CC(=O)O)CCN(CC(=O)O)CC3)c2)cs1. The molecule has 1 aliphatic heterocycles. The average Bonchev–Trinajstić information content (AvgIpc) is 3.47. The summed E-state index contributed by atoms with van der Waals surface area (Å²) >= 11 is 1.52. The molecule has 1 atom stereocenters. The van der Waals surface area contributed by atoms with Gasteiger partial charge in [-0.1, -0.05) is 12.0 Å². The van der Waals surface area contributed by atoms with Gasteiger partial charge in [0.25, 0.3) is 0 Å². The van der Waals surface area contributed by atoms with Crippen molar-refractivity contribution >= 4 is 41.1 Å². The van der Waals surface area contributed by atoms with E-state index in [-0.39, 0.29) is 104 Å². The van der Waals surface area contributed by atoms with Crippen molar-refractivity contribution in [3.8, 4) is 17.6 Å². The highest BCUT2D eigenvalue weighted by molar-refractivity contribution is 7.09. The Kier molecular flexibility index (Phi) is 16.6. The lowest BCUT2D eigenvalue weighted by Gasteiger charge is -2.35. The molecule has 0 saturated carbocycles. The van der Waals surface area contributed by atoms with E-state index in [0.717, 1.165) is 10.6 Å². The van der Waals surface area contributed by atoms with E-state index in [0.29, 0.717) is 11.4 Å². The molecule has 2 heterocycles. The zero-order chi connectivity index (χ0) is 36.5. The first-order valence-electron chi connectivity index (χ1n) is 16.1. The second kappa shape index (κ2) is 20.8. The van der Waals surface area contributed by atoms with Gasteiger partial charge in [-0.15, -0.1) is 11.3 Å². The second-order valence-electron chi connectivity index (χ2n) is 11.7. The molecular formula is C33H44N6O10S. The van der Waals surface area contributed by atoms with Crippen LogP contribution in [0.5, 0.6) is 5.75 Å². The molecule has 0 unspecified atom stereocenters. The quantitative estimate of drug-likeness (QED) is 0.122. The molecule has 17 heteroatoms. The van der Waals surface area contributed by atoms with Crippen LogP contribution in [0.3, 0.4) is 0 Å². The van der Waals surface area contributed by atoms with Crippen LogP contribution in [-0.2, 0) is 24.0 Å². The molecule has 1 aromatic carbocycles. The number of aromatic nitrogens is 1. The fourth-order valence-electron chi connectivity index (χ4n) is 5.31. The fraction of sp³-hybridized carbons (Fsp3) is 0.515. The van der Waals surface area contributed by atoms with Gasteiger partial charge in [0.2, 0.25) is 5.91 Å². The van der Waals surface area contributed by atoms with Crippen LogP contribution in [0.15, 0.2) is 29.6 Å². The van der Waals surface area contributed by atoms with E-state index >= 15 is 0 Å². The molecule has 3 rings (SSSR count). The third kappa shape index (κ3) is 15.3. The number of carboxylic acids is 4. The van der Waals surface area contributed by atoms with Crippen LogP contribution < -0.4 is 10.1 Å². The van der Waals surface area contributed by atoms with E-state index in [4.69, 9.17) is 4.74 Å². The lowest BCUT2D eigenvalue weighted by Crippen LogP contribution is -2.52. The zero-order valence-corrected chi connectivity index (χ0v) is 28.8. The van der Waals surface area contributed by atoms with E-state index < -0.39 is 29.9 Å². The summed E-state index contributed by atoms with van der Waals surface area (Å²) in [4.78, 5) is 70.4. The Hall–Kier alpha value is -4.60. The summed E-state index contributed by atoms with van der Waals surface area (Å²) in [6.45, 7) is 2.76. The number of aryl methyl sites for hydroxylation is 1. The van der Waals surface area contributed by atoms with Crippen molar-refractivity contribution in [3.63, 3.8) is 0 Å². The maximum Gasteiger partial charge on any atom is 0.320 e. The predicted molar refractivity (Wildman–Crippen MR) is 182 cm³/mol. The summed E-state index contributed by atoms with van der Waals surface area (Å²) in [7, 11) is 0. The number of nitrogens with zero attached hydrogens (tertiary/aromatic N) is 5. The Bertz CT molecular complexity index is 1490. The number of amides is 1. The van der Waals surface area contributed by atoms with Crippen molar-refractivity contribution in [1.82, 2.24) is 29.9 Å². The lowest BCUT2D eigenvalue weighted by atomic mass is 10.1. The Morgan fingerprint density at radius 3 is 1.92 bits per heavy atom. The molecular weight excluding hydrogens is 672 g/mol. The second-order valence-corrected chi connectivity index (χ2v) is 12.7. The van der Waals surface area contributed by atoms with Gasteiger partial charge in [0.1, 0.15) is 24.1 Å². The van der Waals surface area contributed by atoms with E-state index in [1.807, 2.05) is 24.4 Å². The van der Waals surface area contributed by atoms with Crippen molar-refractivity contribution in [2.24, 2.45) is 0 Å². The van der Waals surface area contributed by atoms with E-state index in [1.165, 1.54) is 11.3 Å². The van der Waals surface area contributed by atoms with Crippen LogP contribution in [0, 0.1) is 18.8 Å². The van der Waals surface area contributed by atoms with Gasteiger partial charge in [0, 0.05) is 69.7 Å². The molecule has 1 amide bonds. The molecule has 50 heavy (non-hydrogen) atoms. The summed E-state index contributed by atoms with van der Waals surface area (Å²) in [6, 6.07) is 6.12. The molecule has 272 valence electrons. The molecule has 16 nitrogen and oxygen atoms in total. The number of rotatable bonds is 15. The largest absolute Gasteiger partial charge is 0.492 e. The minimum Gasteiger partial charge on any atom is -0.492 e. The van der Waals surface area contributed by atoms with Crippen LogP contribution in [0.4, 0.5) is 0 Å². The lowest BCUT2D eigenvalue weighted by molar-refractivity contribution is -0.145. The Labute approximate surface area is 294 Å². The standard InChI is InChI=1S/C33H44N6O10S/c1-24-35-26(23-50-24)6-5-25-3-2-4-27(19-25)49-18-9-34-29(40)8-7-28(33(47)48)39-16-14-37(21-31(43)44)12-10-36(20-30(41)42)11-13-38(15-17-39)22-32(45)46/h2-4,19,23,28H,7-18,20-22H2,1H3,(H,34,40)(H,41,42)(H,43,44)(H,45,46)(H,47,48)/t28-/m1/s1. The van der Waals surface area contributed by atoms with Gasteiger partial charge >= 0.3 is 23.9 Å². The first kappa shape index (κ1) is 39.8. The number of benzene rings is 1. The molecule has 0 radical (unpaired) electrons. The predicted octanol–water partition coefficient (Wildman–Crippen LogP) is 0.0551. The van der Waals surface area contributed by atoms with Gasteiger partial charge in [-0.3, -0.25) is 43.6 Å². The Balaban J connectivity index is 1.57. The van der Waals surface area contributed by atoms with Crippen molar-refractivity contribution < 1.29 is 49.1 Å². The number of carbonyl (C=O) groups excluding carboxylic acids is 1. The maximum atomic E-state index is 12.7. The van der Waals surface area contributed by atoms with Crippen LogP contribution in [0.25, 0.3) is 0 Å². The Morgan fingerprint density at radius 1 is 0.860 bits per heavy atom. The zero-order valence-electron chi connectivity index (χ0n) is 28.0. The van der Waals surface area contributed by atoms with Gasteiger partial charge in [-0.2, -0.15) is 0 Å². The number of ether oxygens (including phenoxy) is 1. The van der Waals surface area contributed by atoms with Crippen molar-refractivity contribution in [2.75, 3.05) is 85.1 Å². The topological polar surface area (TPSA) is 213 Å². The molecule has 0 spiro atoms. The smallest absolute Gasteiger partial charge is 0.320 e. The highest BCUT2D eigenvalue weighted by Gasteiger charge is 2.28. The van der Waals surface area contributed by atoms with Crippen LogP contribution >= 0.6 is 11.3 Å². The molecule has 1 saturated heterocycles. The van der Waals surface area contributed by atoms with E-state index in [1.54, 1.807) is 31.7 Å². The first-order valence-corrected chi connectivity index (χ1v) is 17.0. The maximum absolute atomic E-state index is 12.7. The highest BCUT2D eigenvalue weighted by Crippen LogP contribution is 2.14. The average molecular weight is 717 g/mol. The summed E-state index contributed by atoms with van der Waals surface area (Å²) in [5.41, 5.74) is 1.44. The summed E-state index contributed by atoms with van der Waals surface area (Å²) in [5.74, 6) is 1.87. The molecule has 5 N–H and O–H groups in total. The molecule has 2 aromatic rings. The van der Waals surface area contributed by atoms with Crippen molar-refractivity contribution in [3.05, 3.63) is 45.9 Å². The third-order valence-corrected chi connectivity index (χ3v) is 8.57. The van der Waals surface area contributed by atoms with Crippen LogP contribution in [0.2, 0.25) is 0 Å². The number of nitrogens with one attached hydrogen (secondary N) is 1. The summed E-state index contributed by atoms with van der Waals surface area (Å²) < 4.78 is 5.76. The molecule has 1 aromatic heterocycles. The third-order valence-electron chi connectivity index (χ3n) is 7.80. The van der Waals surface area contributed by atoms with Crippen LogP contribution in [0.1, 0.15) is 29.1 Å². The minimum absolute atomic E-state index is 0.0362. The normalized spacial score (nSPS) is 16.2. The molecule has 1 aliphatic rings. The number of aliphatic carboxylic acids is 4. The number of carbonyl (C=O) groups is 5. The van der Waals surface area contributed by atoms with Gasteiger partial charge < -0.3 is 30.5 Å². The molecule has 0 bridgehead atoms. The van der Waals surface area contributed by atoms with Crippen molar-refractivity contribution in [2.45, 2.75) is 25.8 Å². The van der Waals surface area contributed by atoms with E-state index in [9.17, 15) is 44.4 Å². The highest BCUT2D eigenvalue weighted by atomic mass is 32.1. The van der Waals surface area contributed by atoms with Crippen molar-refractivity contribution in [1.29, 1.82) is 0 Å². The van der Waals surface area contributed by atoms with Gasteiger partial charge in [0.05, 0.1) is 31.2 Å². The van der Waals surface area contributed by atoms with E-state index in [2.05, 4.69) is 22.1 Å². The fourth-order valence-corrected chi connectivity index (χ4v) is 5.86. The van der Waals surface area contributed by atoms with Gasteiger partial charge in [-0.25, -0.2) is 4.98 Å². The number of hydrogen-bond donors (Lipinski definition) is 5. The monoisotopic (exact) mass is 716 g/mol. The number of thiazole rings is 1. The van der Waals surface area contributed by atoms with Gasteiger partial charge in [0.15, 0.2) is 0 Å². The number of hydrogen-bond acceptors (Lipinski definition) is 12. The summed E-state index contributed by atoms with van der Waals surface area (Å²) in [6.07, 6.45) is -0.137. The van der Waals surface area contributed by atoms with Gasteiger partial charge in [-0.05, 0) is 37.5 Å². The molecule has 1 fully saturated rings. The summed E-state index contributed by atoms with van der Waals surface area (Å²) in [5, 5.41) is 43.9. The number of carboxylic acid groups (broad SMARTS) is 4. The Morgan fingerprint density at radius 2 is 1.42 bits per heavy atom. The minimum atomic E-state index is -1.16. The first-order chi connectivity index (χ1) is 23.9.